The first-order valence-electron chi connectivity index (χ1n) is 13.7. The van der Waals surface area contributed by atoms with Gasteiger partial charge in [-0.25, -0.2) is 8.61 Å². The van der Waals surface area contributed by atoms with Crippen LogP contribution < -0.4 is 14.4 Å². The second-order valence-corrected chi connectivity index (χ2v) is 19.0. The average Bonchev–Trinajstić information content (AvgIpc) is 3.05. The molecule has 0 saturated carbocycles. The molecule has 0 aromatic heterocycles. The van der Waals surface area contributed by atoms with Gasteiger partial charge in [0.05, 0.1) is 11.7 Å². The number of nitrogens with zero attached hydrogens (tertiary/aromatic N) is 2. The Balaban J connectivity index is 1.43. The Morgan fingerprint density at radius 1 is 0.951 bits per heavy atom. The highest BCUT2D eigenvalue weighted by Gasteiger charge is 2.44. The Bertz CT molecular complexity index is 1580. The van der Waals surface area contributed by atoms with E-state index in [0.29, 0.717) is 29.5 Å². The Morgan fingerprint density at radius 3 is 2.44 bits per heavy atom. The lowest BCUT2D eigenvalue weighted by Crippen LogP contribution is -2.37. The van der Waals surface area contributed by atoms with Gasteiger partial charge in [0, 0.05) is 20.2 Å². The molecular formula is C31H35N3O5SSi. The number of hydrogen-bond donors (Lipinski definition) is 1. The first-order valence-corrected chi connectivity index (χ1v) is 18.8. The lowest BCUT2D eigenvalue weighted by Gasteiger charge is -2.24. The molecule has 0 spiro atoms. The minimum Gasteiger partial charge on any atom is -0.487 e. The van der Waals surface area contributed by atoms with Crippen LogP contribution in [0, 0.1) is 0 Å². The van der Waals surface area contributed by atoms with Crippen LogP contribution in [0.5, 0.6) is 5.75 Å². The summed E-state index contributed by atoms with van der Waals surface area (Å²) >= 11 is 0. The molecule has 0 bridgehead atoms. The fraction of sp³-hybridized carbons (Fsp3) is 0.290. The highest BCUT2D eigenvalue weighted by Crippen LogP contribution is 2.36. The van der Waals surface area contributed by atoms with Crippen molar-refractivity contribution in [3.05, 3.63) is 101 Å². The molecule has 2 aliphatic rings. The average molecular weight is 590 g/mol. The van der Waals surface area contributed by atoms with Crippen molar-refractivity contribution in [2.45, 2.75) is 44.8 Å². The van der Waals surface area contributed by atoms with Gasteiger partial charge in [0.15, 0.2) is 0 Å². The molecule has 5 rings (SSSR count). The Hall–Kier alpha value is -3.89. The van der Waals surface area contributed by atoms with Crippen molar-refractivity contribution in [1.29, 1.82) is 0 Å². The molecule has 0 unspecified atom stereocenters. The molecule has 0 aliphatic carbocycles. The summed E-state index contributed by atoms with van der Waals surface area (Å²) in [7, 11) is -5.62. The van der Waals surface area contributed by atoms with E-state index in [2.05, 4.69) is 25.0 Å². The van der Waals surface area contributed by atoms with Crippen LogP contribution in [0.15, 0.2) is 78.9 Å². The number of carbonyl (C=O) groups excluding carboxylic acids is 2. The van der Waals surface area contributed by atoms with Crippen molar-refractivity contribution in [2.75, 3.05) is 17.4 Å². The molecule has 0 radical (unpaired) electrons. The van der Waals surface area contributed by atoms with Gasteiger partial charge in [0.25, 0.3) is 11.8 Å². The highest BCUT2D eigenvalue weighted by atomic mass is 32.2. The number of carbonyl (C=O) groups is 2. The van der Waals surface area contributed by atoms with Crippen LogP contribution in [0.1, 0.15) is 27.0 Å². The van der Waals surface area contributed by atoms with Crippen molar-refractivity contribution < 1.29 is 22.7 Å². The van der Waals surface area contributed by atoms with E-state index in [1.165, 1.54) is 0 Å². The van der Waals surface area contributed by atoms with Crippen LogP contribution in [0.3, 0.4) is 0 Å². The molecule has 2 aliphatic heterocycles. The summed E-state index contributed by atoms with van der Waals surface area (Å²) in [6.07, 6.45) is 4.38. The SMILES string of the molecule is C[Si](C)(C)CCN1C(=O)CN(c2ccc(C[C@H]3C=Cc4ccccc4C(=O)N3)cc2OCc2ccccc2)S1(=O)=O. The summed E-state index contributed by atoms with van der Waals surface area (Å²) in [4.78, 5) is 25.7. The maximum Gasteiger partial charge on any atom is 0.329 e. The summed E-state index contributed by atoms with van der Waals surface area (Å²) in [5.41, 5.74) is 3.59. The highest BCUT2D eigenvalue weighted by molar-refractivity contribution is 7.91. The molecule has 1 atom stereocenters. The van der Waals surface area contributed by atoms with Gasteiger partial charge >= 0.3 is 10.2 Å². The second kappa shape index (κ2) is 11.5. The summed E-state index contributed by atoms with van der Waals surface area (Å²) in [5.74, 6) is -0.220. The minimum atomic E-state index is -4.05. The van der Waals surface area contributed by atoms with Crippen LogP contribution in [0.2, 0.25) is 25.7 Å². The van der Waals surface area contributed by atoms with E-state index < -0.39 is 24.2 Å². The number of fused-ring (bicyclic) bond motifs is 1. The molecule has 3 aromatic carbocycles. The van der Waals surface area contributed by atoms with E-state index in [1.807, 2.05) is 66.7 Å². The summed E-state index contributed by atoms with van der Waals surface area (Å²) in [5, 5.41) is 3.06. The number of ether oxygens (including phenoxy) is 1. The molecule has 1 saturated heterocycles. The zero-order valence-corrected chi connectivity index (χ0v) is 25.4. The van der Waals surface area contributed by atoms with Crippen LogP contribution in [-0.2, 0) is 28.0 Å². The molecule has 214 valence electrons. The number of nitrogens with one attached hydrogen (secondary N) is 1. The van der Waals surface area contributed by atoms with E-state index in [1.54, 1.807) is 18.2 Å². The molecule has 3 aromatic rings. The van der Waals surface area contributed by atoms with Crippen LogP contribution >= 0.6 is 0 Å². The predicted molar refractivity (Wildman–Crippen MR) is 164 cm³/mol. The third-order valence-electron chi connectivity index (χ3n) is 7.19. The first-order chi connectivity index (χ1) is 19.5. The minimum absolute atomic E-state index is 0.146. The molecule has 8 nitrogen and oxygen atoms in total. The van der Waals surface area contributed by atoms with E-state index in [4.69, 9.17) is 4.74 Å². The third kappa shape index (κ3) is 6.55. The normalized spacial score (nSPS) is 18.2. The molecular weight excluding hydrogens is 555 g/mol. The van der Waals surface area contributed by atoms with E-state index >= 15 is 0 Å². The quantitative estimate of drug-likeness (QED) is 0.360. The number of anilines is 1. The second-order valence-electron chi connectivity index (χ2n) is 11.6. The van der Waals surface area contributed by atoms with Gasteiger partial charge in [-0.2, -0.15) is 8.42 Å². The van der Waals surface area contributed by atoms with Gasteiger partial charge in [0.2, 0.25) is 0 Å². The van der Waals surface area contributed by atoms with Gasteiger partial charge in [-0.1, -0.05) is 86.4 Å². The predicted octanol–water partition coefficient (Wildman–Crippen LogP) is 4.87. The standard InChI is InChI=1S/C31H35N3O5SSi/c1-41(2,3)18-17-33-30(35)21-34(40(33,37)38)28-16-13-24(20-29(28)39-22-23-9-5-4-6-10-23)19-26-15-14-25-11-7-8-12-27(25)31(36)32-26/h4-16,20,26H,17-19,21-22H2,1-3H3,(H,32,36)/t26-/m1/s1. The van der Waals surface area contributed by atoms with Crippen molar-refractivity contribution in [1.82, 2.24) is 9.62 Å². The summed E-state index contributed by atoms with van der Waals surface area (Å²) in [6.45, 7) is 6.59. The smallest absolute Gasteiger partial charge is 0.329 e. The molecule has 1 fully saturated rings. The van der Waals surface area contributed by atoms with E-state index in [0.717, 1.165) is 25.3 Å². The van der Waals surface area contributed by atoms with Gasteiger partial charge < -0.3 is 10.1 Å². The number of amides is 2. The van der Waals surface area contributed by atoms with Crippen LogP contribution in [-0.4, -0.2) is 51.7 Å². The topological polar surface area (TPSA) is 96.0 Å². The number of rotatable bonds is 9. The van der Waals surface area contributed by atoms with Gasteiger partial charge in [-0.3, -0.25) is 9.59 Å². The lowest BCUT2D eigenvalue weighted by molar-refractivity contribution is -0.123. The van der Waals surface area contributed by atoms with Gasteiger partial charge in [-0.05, 0) is 47.4 Å². The van der Waals surface area contributed by atoms with Crippen molar-refractivity contribution >= 4 is 41.9 Å². The maximum absolute atomic E-state index is 13.6. The fourth-order valence-corrected chi connectivity index (χ4v) is 7.50. The summed E-state index contributed by atoms with van der Waals surface area (Å²) < 4.78 is 35.5. The van der Waals surface area contributed by atoms with Crippen LogP contribution in [0.25, 0.3) is 6.08 Å². The molecule has 1 N–H and O–H groups in total. The molecule has 2 amide bonds. The van der Waals surface area contributed by atoms with Gasteiger partial charge in [0.1, 0.15) is 18.9 Å². The third-order valence-corrected chi connectivity index (χ3v) is 10.7. The maximum atomic E-state index is 13.6. The van der Waals surface area contributed by atoms with Crippen molar-refractivity contribution in [3.63, 3.8) is 0 Å². The van der Waals surface area contributed by atoms with Crippen LogP contribution in [0.4, 0.5) is 5.69 Å². The molecule has 41 heavy (non-hydrogen) atoms. The molecule has 10 heteroatoms. The van der Waals surface area contributed by atoms with Crippen molar-refractivity contribution in [3.8, 4) is 5.75 Å². The number of benzene rings is 3. The zero-order valence-electron chi connectivity index (χ0n) is 23.5. The van der Waals surface area contributed by atoms with E-state index in [9.17, 15) is 18.0 Å². The monoisotopic (exact) mass is 589 g/mol. The Morgan fingerprint density at radius 2 is 1.68 bits per heavy atom. The lowest BCUT2D eigenvalue weighted by atomic mass is 10.0. The Labute approximate surface area is 242 Å². The Kier molecular flexibility index (Phi) is 8.06. The summed E-state index contributed by atoms with van der Waals surface area (Å²) in [6, 6.07) is 22.8. The van der Waals surface area contributed by atoms with E-state index in [-0.39, 0.29) is 31.6 Å². The largest absolute Gasteiger partial charge is 0.487 e. The zero-order chi connectivity index (χ0) is 29.2. The molecule has 2 heterocycles. The van der Waals surface area contributed by atoms with Gasteiger partial charge in [-0.15, -0.1) is 0 Å². The van der Waals surface area contributed by atoms with Crippen molar-refractivity contribution in [2.24, 2.45) is 0 Å². The fourth-order valence-electron chi connectivity index (χ4n) is 4.90. The first kappa shape index (κ1) is 28.6. The number of hydrogen-bond acceptors (Lipinski definition) is 5.